The summed E-state index contributed by atoms with van der Waals surface area (Å²) in [5.41, 5.74) is 0.0920. The Kier molecular flexibility index (Phi) is 3.14. The van der Waals surface area contributed by atoms with Gasteiger partial charge in [0.05, 0.1) is 0 Å². The molecule has 0 saturated carbocycles. The minimum absolute atomic E-state index is 0.0920. The van der Waals surface area contributed by atoms with Gasteiger partial charge in [0.15, 0.2) is 0 Å². The molecule has 0 N–H and O–H groups in total. The van der Waals surface area contributed by atoms with Gasteiger partial charge in [0.2, 0.25) is 0 Å². The van der Waals surface area contributed by atoms with Crippen molar-refractivity contribution in [2.45, 2.75) is 39.6 Å². The first-order chi connectivity index (χ1) is 3.62. The van der Waals surface area contributed by atoms with Crippen LogP contribution >= 0.6 is 0 Å². The molecule has 0 aromatic rings. The van der Waals surface area contributed by atoms with E-state index in [0.717, 1.165) is 13.9 Å². The lowest BCUT2D eigenvalue weighted by Gasteiger charge is -2.22. The standard InChI is InChI=1S/C6H15BO/c1-5-6(2,3)8-7-4/h7H,5H2,1-4H3. The van der Waals surface area contributed by atoms with Gasteiger partial charge in [-0.05, 0) is 20.3 Å². The fourth-order valence-corrected chi connectivity index (χ4v) is 0.493. The Balaban J connectivity index is 3.37. The molecule has 0 rings (SSSR count). The Bertz CT molecular complexity index is 61.5. The van der Waals surface area contributed by atoms with Crippen molar-refractivity contribution in [3.05, 3.63) is 0 Å². The Hall–Kier alpha value is 0.0249. The van der Waals surface area contributed by atoms with Crippen LogP contribution in [0, 0.1) is 0 Å². The highest BCUT2D eigenvalue weighted by Crippen LogP contribution is 2.11. The molecule has 8 heavy (non-hydrogen) atoms. The number of hydrogen-bond acceptors (Lipinski definition) is 1. The molecule has 0 atom stereocenters. The van der Waals surface area contributed by atoms with Crippen molar-refractivity contribution in [3.8, 4) is 0 Å². The van der Waals surface area contributed by atoms with Crippen molar-refractivity contribution in [1.29, 1.82) is 0 Å². The molecule has 0 bridgehead atoms. The molecule has 2 heteroatoms. The van der Waals surface area contributed by atoms with E-state index in [4.69, 9.17) is 4.65 Å². The molecular formula is C6H15BO. The summed E-state index contributed by atoms with van der Waals surface area (Å²) >= 11 is 0. The molecule has 0 aromatic heterocycles. The second kappa shape index (κ2) is 3.13. The number of hydrogen-bond donors (Lipinski definition) is 0. The topological polar surface area (TPSA) is 9.23 Å². The largest absolute Gasteiger partial charge is 0.435 e. The highest BCUT2D eigenvalue weighted by molar-refractivity contribution is 6.24. The monoisotopic (exact) mass is 114 g/mol. The van der Waals surface area contributed by atoms with Gasteiger partial charge in [-0.2, -0.15) is 0 Å². The van der Waals surface area contributed by atoms with Gasteiger partial charge in [-0.15, -0.1) is 0 Å². The van der Waals surface area contributed by atoms with Crippen molar-refractivity contribution in [2.75, 3.05) is 0 Å². The first-order valence-electron chi connectivity index (χ1n) is 3.26. The third-order valence-corrected chi connectivity index (χ3v) is 1.39. The molecular weight excluding hydrogens is 98.9 g/mol. The van der Waals surface area contributed by atoms with Crippen LogP contribution in [-0.4, -0.2) is 13.1 Å². The predicted octanol–water partition coefficient (Wildman–Crippen LogP) is 1.59. The summed E-state index contributed by atoms with van der Waals surface area (Å²) in [6.07, 6.45) is 1.08. The highest BCUT2D eigenvalue weighted by Gasteiger charge is 2.12. The van der Waals surface area contributed by atoms with Crippen molar-refractivity contribution >= 4 is 7.48 Å². The maximum absolute atomic E-state index is 5.38. The summed E-state index contributed by atoms with van der Waals surface area (Å²) in [5.74, 6) is 0. The zero-order valence-corrected chi connectivity index (χ0v) is 6.32. The van der Waals surface area contributed by atoms with Crippen LogP contribution in [0.1, 0.15) is 27.2 Å². The van der Waals surface area contributed by atoms with E-state index < -0.39 is 0 Å². The molecule has 0 unspecified atom stereocenters. The first-order valence-corrected chi connectivity index (χ1v) is 3.26. The van der Waals surface area contributed by atoms with E-state index in [9.17, 15) is 0 Å². The van der Waals surface area contributed by atoms with Crippen molar-refractivity contribution in [2.24, 2.45) is 0 Å². The van der Waals surface area contributed by atoms with Crippen LogP contribution in [0.15, 0.2) is 0 Å². The van der Waals surface area contributed by atoms with Gasteiger partial charge in [-0.1, -0.05) is 13.7 Å². The summed E-state index contributed by atoms with van der Waals surface area (Å²) in [7, 11) is 0.820. The minimum Gasteiger partial charge on any atom is -0.435 e. The molecule has 1 nitrogen and oxygen atoms in total. The van der Waals surface area contributed by atoms with E-state index in [0.29, 0.717) is 0 Å². The Morgan fingerprint density at radius 2 is 2.00 bits per heavy atom. The van der Waals surface area contributed by atoms with Crippen LogP contribution in [-0.2, 0) is 4.65 Å². The smallest absolute Gasteiger partial charge is 0.272 e. The Morgan fingerprint density at radius 3 is 2.12 bits per heavy atom. The van der Waals surface area contributed by atoms with E-state index in [1.54, 1.807) is 0 Å². The van der Waals surface area contributed by atoms with Crippen LogP contribution in [0.3, 0.4) is 0 Å². The third kappa shape index (κ3) is 3.08. The Morgan fingerprint density at radius 1 is 1.50 bits per heavy atom. The fraction of sp³-hybridized carbons (Fsp3) is 1.00. The first kappa shape index (κ1) is 8.02. The molecule has 0 aliphatic rings. The van der Waals surface area contributed by atoms with Gasteiger partial charge >= 0.3 is 0 Å². The Labute approximate surface area is 52.7 Å². The molecule has 48 valence electrons. The van der Waals surface area contributed by atoms with Crippen LogP contribution in [0.4, 0.5) is 0 Å². The third-order valence-electron chi connectivity index (χ3n) is 1.39. The molecule has 0 aromatic carbocycles. The van der Waals surface area contributed by atoms with E-state index in [2.05, 4.69) is 20.8 Å². The summed E-state index contributed by atoms with van der Waals surface area (Å²) in [5, 5.41) is 0. The fourth-order valence-electron chi connectivity index (χ4n) is 0.493. The average Bonchev–Trinajstić information content (AvgIpc) is 1.67. The summed E-state index contributed by atoms with van der Waals surface area (Å²) in [6.45, 7) is 8.38. The molecule has 0 radical (unpaired) electrons. The molecule has 0 amide bonds. The molecule has 0 fully saturated rings. The maximum atomic E-state index is 5.38. The van der Waals surface area contributed by atoms with Crippen LogP contribution in [0.5, 0.6) is 0 Å². The van der Waals surface area contributed by atoms with Gasteiger partial charge < -0.3 is 4.65 Å². The van der Waals surface area contributed by atoms with E-state index in [-0.39, 0.29) is 5.60 Å². The van der Waals surface area contributed by atoms with Crippen molar-refractivity contribution < 1.29 is 4.65 Å². The molecule has 0 spiro atoms. The van der Waals surface area contributed by atoms with E-state index >= 15 is 0 Å². The lowest BCUT2D eigenvalue weighted by Crippen LogP contribution is -2.23. The number of rotatable bonds is 3. The predicted molar refractivity (Wildman–Crippen MR) is 38.5 cm³/mol. The van der Waals surface area contributed by atoms with Crippen molar-refractivity contribution in [1.82, 2.24) is 0 Å². The summed E-state index contributed by atoms with van der Waals surface area (Å²) in [4.78, 5) is 0. The molecule has 0 aliphatic heterocycles. The van der Waals surface area contributed by atoms with Gasteiger partial charge in [-0.25, -0.2) is 0 Å². The molecule has 0 aliphatic carbocycles. The lowest BCUT2D eigenvalue weighted by molar-refractivity contribution is 0.113. The normalized spacial score (nSPS) is 11.5. The van der Waals surface area contributed by atoms with Gasteiger partial charge in [0.1, 0.15) is 0 Å². The van der Waals surface area contributed by atoms with Gasteiger partial charge in [-0.3, -0.25) is 0 Å². The van der Waals surface area contributed by atoms with Gasteiger partial charge in [0, 0.05) is 5.60 Å². The highest BCUT2D eigenvalue weighted by atomic mass is 16.5. The summed E-state index contributed by atoms with van der Waals surface area (Å²) < 4.78 is 5.38. The zero-order valence-electron chi connectivity index (χ0n) is 6.32. The van der Waals surface area contributed by atoms with Crippen LogP contribution in [0.2, 0.25) is 6.82 Å². The van der Waals surface area contributed by atoms with E-state index in [1.807, 2.05) is 6.82 Å². The lowest BCUT2D eigenvalue weighted by atomic mass is 10.0. The molecule has 0 heterocycles. The zero-order chi connectivity index (χ0) is 6.62. The van der Waals surface area contributed by atoms with E-state index in [1.165, 1.54) is 0 Å². The van der Waals surface area contributed by atoms with Crippen LogP contribution < -0.4 is 0 Å². The quantitative estimate of drug-likeness (QED) is 0.506. The second-order valence-corrected chi connectivity index (χ2v) is 2.55. The SMILES string of the molecule is CBOC(C)(C)CC. The van der Waals surface area contributed by atoms with Crippen LogP contribution in [0.25, 0.3) is 0 Å². The second-order valence-electron chi connectivity index (χ2n) is 2.55. The van der Waals surface area contributed by atoms with Crippen molar-refractivity contribution in [3.63, 3.8) is 0 Å². The maximum Gasteiger partial charge on any atom is 0.272 e. The van der Waals surface area contributed by atoms with Gasteiger partial charge in [0.25, 0.3) is 7.48 Å². The molecule has 0 saturated heterocycles. The summed E-state index contributed by atoms with van der Waals surface area (Å²) in [6, 6.07) is 0. The minimum atomic E-state index is 0.0920. The average molecular weight is 114 g/mol.